The van der Waals surface area contributed by atoms with E-state index in [0.717, 1.165) is 13.0 Å². The fourth-order valence-electron chi connectivity index (χ4n) is 1.74. The quantitative estimate of drug-likeness (QED) is 0.569. The van der Waals surface area contributed by atoms with Gasteiger partial charge >= 0.3 is 5.97 Å². The van der Waals surface area contributed by atoms with Crippen LogP contribution in [-0.2, 0) is 15.6 Å². The molecule has 1 aliphatic heterocycles. The van der Waals surface area contributed by atoms with Crippen LogP contribution in [0.25, 0.3) is 0 Å². The molecule has 1 fully saturated rings. The summed E-state index contributed by atoms with van der Waals surface area (Å²) < 4.78 is 11.1. The van der Waals surface area contributed by atoms with E-state index in [1.807, 2.05) is 6.92 Å². The largest absolute Gasteiger partial charge is 0.481 e. The van der Waals surface area contributed by atoms with Crippen molar-refractivity contribution in [1.82, 2.24) is 10.6 Å². The summed E-state index contributed by atoms with van der Waals surface area (Å²) in [7, 11) is -0.805. The molecule has 16 heavy (non-hydrogen) atoms. The van der Waals surface area contributed by atoms with Gasteiger partial charge < -0.3 is 15.7 Å². The van der Waals surface area contributed by atoms with Crippen LogP contribution in [0.15, 0.2) is 0 Å². The predicted octanol–water partition coefficient (Wildman–Crippen LogP) is -0.450. The minimum Gasteiger partial charge on any atom is -0.481 e. The molecular formula is C10H20N2O3S. The molecule has 2 atom stereocenters. The molecule has 0 aromatic carbocycles. The summed E-state index contributed by atoms with van der Waals surface area (Å²) >= 11 is 0. The molecule has 0 aromatic heterocycles. The molecule has 0 saturated carbocycles. The van der Waals surface area contributed by atoms with E-state index in [0.29, 0.717) is 13.1 Å². The van der Waals surface area contributed by atoms with Gasteiger partial charge in [0.25, 0.3) is 0 Å². The SMILES string of the molecule is CC(CCNC1(CC(=O)O)CNC1)S(C)=O. The van der Waals surface area contributed by atoms with E-state index in [9.17, 15) is 9.00 Å². The van der Waals surface area contributed by atoms with E-state index in [-0.39, 0.29) is 17.2 Å². The lowest BCUT2D eigenvalue weighted by Crippen LogP contribution is -2.68. The lowest BCUT2D eigenvalue weighted by molar-refractivity contribution is -0.139. The van der Waals surface area contributed by atoms with Gasteiger partial charge in [0.05, 0.1) is 12.0 Å². The van der Waals surface area contributed by atoms with Crippen LogP contribution in [0.5, 0.6) is 0 Å². The monoisotopic (exact) mass is 248 g/mol. The van der Waals surface area contributed by atoms with Gasteiger partial charge in [0.1, 0.15) is 0 Å². The van der Waals surface area contributed by atoms with Crippen molar-refractivity contribution in [3.8, 4) is 0 Å². The molecule has 0 aromatic rings. The molecule has 6 heteroatoms. The first-order valence-corrected chi connectivity index (χ1v) is 7.07. The highest BCUT2D eigenvalue weighted by atomic mass is 32.2. The number of nitrogens with one attached hydrogen (secondary N) is 2. The number of carboxylic acids is 1. The lowest BCUT2D eigenvalue weighted by atomic mass is 9.88. The lowest BCUT2D eigenvalue weighted by Gasteiger charge is -2.42. The molecule has 1 heterocycles. The minimum atomic E-state index is -0.805. The van der Waals surface area contributed by atoms with Crippen LogP contribution in [0, 0.1) is 0 Å². The number of carbonyl (C=O) groups is 1. The van der Waals surface area contributed by atoms with Crippen molar-refractivity contribution in [1.29, 1.82) is 0 Å². The Balaban J connectivity index is 2.29. The van der Waals surface area contributed by atoms with Gasteiger partial charge in [-0.05, 0) is 13.0 Å². The summed E-state index contributed by atoms with van der Waals surface area (Å²) in [5, 5.41) is 15.3. The number of aliphatic carboxylic acids is 1. The van der Waals surface area contributed by atoms with Crippen LogP contribution in [0.1, 0.15) is 19.8 Å². The Kier molecular flexibility index (Phi) is 4.89. The number of rotatable bonds is 7. The summed E-state index contributed by atoms with van der Waals surface area (Å²) in [6.45, 7) is 4.06. The molecule has 1 aliphatic rings. The fourth-order valence-corrected chi connectivity index (χ4v) is 2.19. The second-order valence-electron chi connectivity index (χ2n) is 4.48. The van der Waals surface area contributed by atoms with Crippen molar-refractivity contribution >= 4 is 16.8 Å². The Labute approximate surface area is 98.4 Å². The van der Waals surface area contributed by atoms with Crippen molar-refractivity contribution in [3.05, 3.63) is 0 Å². The molecule has 0 radical (unpaired) electrons. The van der Waals surface area contributed by atoms with Crippen LogP contribution in [0.3, 0.4) is 0 Å². The van der Waals surface area contributed by atoms with E-state index < -0.39 is 16.8 Å². The minimum absolute atomic E-state index is 0.142. The van der Waals surface area contributed by atoms with E-state index in [4.69, 9.17) is 5.11 Å². The Morgan fingerprint density at radius 1 is 1.62 bits per heavy atom. The number of carboxylic acid groups (broad SMARTS) is 1. The highest BCUT2D eigenvalue weighted by molar-refractivity contribution is 7.84. The molecule has 5 nitrogen and oxygen atoms in total. The molecule has 2 unspecified atom stereocenters. The number of hydrogen-bond acceptors (Lipinski definition) is 4. The fraction of sp³-hybridized carbons (Fsp3) is 0.900. The molecule has 1 saturated heterocycles. The first kappa shape index (κ1) is 13.6. The zero-order chi connectivity index (χ0) is 12.2. The number of hydrogen-bond donors (Lipinski definition) is 3. The Morgan fingerprint density at radius 3 is 2.62 bits per heavy atom. The van der Waals surface area contributed by atoms with Crippen LogP contribution in [0.4, 0.5) is 0 Å². The third-order valence-corrected chi connectivity index (χ3v) is 4.40. The van der Waals surface area contributed by atoms with Crippen LogP contribution in [-0.4, -0.2) is 52.0 Å². The van der Waals surface area contributed by atoms with Crippen LogP contribution in [0.2, 0.25) is 0 Å². The Morgan fingerprint density at radius 2 is 2.25 bits per heavy atom. The highest BCUT2D eigenvalue weighted by Gasteiger charge is 2.38. The highest BCUT2D eigenvalue weighted by Crippen LogP contribution is 2.16. The molecule has 0 bridgehead atoms. The normalized spacial score (nSPS) is 22.1. The van der Waals surface area contributed by atoms with Gasteiger partial charge in [-0.2, -0.15) is 0 Å². The summed E-state index contributed by atoms with van der Waals surface area (Å²) in [6, 6.07) is 0. The standard InChI is InChI=1S/C10H20N2O3S/c1-8(16(2)15)3-4-12-10(5-9(13)14)6-11-7-10/h8,11-12H,3-7H2,1-2H3,(H,13,14). The summed E-state index contributed by atoms with van der Waals surface area (Å²) in [6.07, 6.45) is 2.65. The molecule has 0 aliphatic carbocycles. The second kappa shape index (κ2) is 5.75. The Hall–Kier alpha value is -0.460. The first-order chi connectivity index (χ1) is 7.45. The Bertz CT molecular complexity index is 279. The average Bonchev–Trinajstić information content (AvgIpc) is 2.12. The van der Waals surface area contributed by atoms with Crippen molar-refractivity contribution in [3.63, 3.8) is 0 Å². The zero-order valence-corrected chi connectivity index (χ0v) is 10.6. The smallest absolute Gasteiger partial charge is 0.305 e. The second-order valence-corrected chi connectivity index (χ2v) is 6.28. The third-order valence-electron chi connectivity index (χ3n) is 3.03. The van der Waals surface area contributed by atoms with Crippen molar-refractivity contribution in [2.45, 2.75) is 30.6 Å². The molecular weight excluding hydrogens is 228 g/mol. The van der Waals surface area contributed by atoms with E-state index in [1.54, 1.807) is 6.26 Å². The maximum atomic E-state index is 11.1. The summed E-state index contributed by atoms with van der Waals surface area (Å²) in [5.41, 5.74) is -0.291. The maximum Gasteiger partial charge on any atom is 0.305 e. The van der Waals surface area contributed by atoms with Crippen LogP contribution < -0.4 is 10.6 Å². The van der Waals surface area contributed by atoms with Crippen molar-refractivity contribution in [2.75, 3.05) is 25.9 Å². The van der Waals surface area contributed by atoms with Gasteiger partial charge in [-0.15, -0.1) is 0 Å². The third kappa shape index (κ3) is 3.84. The van der Waals surface area contributed by atoms with Gasteiger partial charge in [0.2, 0.25) is 0 Å². The molecule has 3 N–H and O–H groups in total. The van der Waals surface area contributed by atoms with Gasteiger partial charge in [0, 0.05) is 35.4 Å². The van der Waals surface area contributed by atoms with E-state index in [1.165, 1.54) is 0 Å². The topological polar surface area (TPSA) is 78.4 Å². The average molecular weight is 248 g/mol. The van der Waals surface area contributed by atoms with Crippen LogP contribution >= 0.6 is 0 Å². The molecule has 94 valence electrons. The van der Waals surface area contributed by atoms with Gasteiger partial charge in [0.15, 0.2) is 0 Å². The van der Waals surface area contributed by atoms with Crippen molar-refractivity contribution in [2.24, 2.45) is 0 Å². The van der Waals surface area contributed by atoms with Gasteiger partial charge in [-0.3, -0.25) is 9.00 Å². The van der Waals surface area contributed by atoms with Gasteiger partial charge in [-0.1, -0.05) is 6.92 Å². The predicted molar refractivity (Wildman–Crippen MR) is 64.0 cm³/mol. The van der Waals surface area contributed by atoms with E-state index >= 15 is 0 Å². The summed E-state index contributed by atoms with van der Waals surface area (Å²) in [5.74, 6) is -0.777. The van der Waals surface area contributed by atoms with Gasteiger partial charge in [-0.25, -0.2) is 0 Å². The van der Waals surface area contributed by atoms with Crippen molar-refractivity contribution < 1.29 is 14.1 Å². The molecule has 0 amide bonds. The zero-order valence-electron chi connectivity index (χ0n) is 9.78. The molecule has 1 rings (SSSR count). The molecule has 0 spiro atoms. The first-order valence-electron chi connectivity index (χ1n) is 5.45. The summed E-state index contributed by atoms with van der Waals surface area (Å²) in [4.78, 5) is 10.7. The van der Waals surface area contributed by atoms with E-state index in [2.05, 4.69) is 10.6 Å². The maximum absolute atomic E-state index is 11.1.